The van der Waals surface area contributed by atoms with Crippen molar-refractivity contribution in [2.75, 3.05) is 26.3 Å². The van der Waals surface area contributed by atoms with Crippen molar-refractivity contribution < 1.29 is 14.3 Å². The normalized spacial score (nSPS) is 27.2. The number of fused-ring (bicyclic) bond motifs is 3. The maximum atomic E-state index is 11.8. The topological polar surface area (TPSA) is 77.7 Å². The highest BCUT2D eigenvalue weighted by atomic mass is 32.1. The van der Waals surface area contributed by atoms with E-state index >= 15 is 0 Å². The van der Waals surface area contributed by atoms with E-state index in [0.717, 1.165) is 73.6 Å². The number of nitrogens with two attached hydrogens (primary N) is 1. The number of carbonyl (C=O) groups is 1. The third-order valence-electron chi connectivity index (χ3n) is 8.68. The Morgan fingerprint density at radius 1 is 1.11 bits per heavy atom. The summed E-state index contributed by atoms with van der Waals surface area (Å²) in [6, 6.07) is 2.84. The molecule has 0 bridgehead atoms. The largest absolute Gasteiger partial charge is 0.490 e. The summed E-state index contributed by atoms with van der Waals surface area (Å²) in [5.41, 5.74) is 9.46. The molecule has 2 N–H and O–H groups in total. The molecule has 194 valence electrons. The van der Waals surface area contributed by atoms with Gasteiger partial charge in [-0.15, -0.1) is 11.3 Å². The number of allylic oxidation sites excluding steroid dienone is 1. The average molecular weight is 510 g/mol. The van der Waals surface area contributed by atoms with E-state index in [9.17, 15) is 4.79 Å². The molecule has 1 saturated heterocycles. The van der Waals surface area contributed by atoms with Gasteiger partial charge < -0.3 is 15.2 Å². The van der Waals surface area contributed by atoms with Gasteiger partial charge in [-0.2, -0.15) is 0 Å². The Bertz CT molecular complexity index is 1120. The van der Waals surface area contributed by atoms with Crippen LogP contribution in [0.15, 0.2) is 11.6 Å². The highest BCUT2D eigenvalue weighted by Gasteiger charge is 2.33. The zero-order chi connectivity index (χ0) is 24.5. The summed E-state index contributed by atoms with van der Waals surface area (Å²) >= 11 is 1.80. The number of primary amides is 1. The number of amides is 1. The number of thiophene rings is 1. The molecule has 2 saturated carbocycles. The van der Waals surface area contributed by atoms with E-state index in [0.29, 0.717) is 12.5 Å². The second-order valence-corrected chi connectivity index (χ2v) is 12.2. The van der Waals surface area contributed by atoms with Crippen LogP contribution in [0.4, 0.5) is 0 Å². The number of hydrogen-bond acceptors (Lipinski definition) is 6. The fourth-order valence-electron chi connectivity index (χ4n) is 6.84. The molecule has 7 heteroatoms. The molecule has 3 aliphatic carbocycles. The van der Waals surface area contributed by atoms with Crippen molar-refractivity contribution in [2.45, 2.75) is 95.1 Å². The van der Waals surface area contributed by atoms with Crippen LogP contribution in [-0.4, -0.2) is 54.2 Å². The van der Waals surface area contributed by atoms with Gasteiger partial charge in [0, 0.05) is 36.5 Å². The van der Waals surface area contributed by atoms with E-state index < -0.39 is 0 Å². The van der Waals surface area contributed by atoms with Gasteiger partial charge in [-0.25, -0.2) is 4.98 Å². The first-order valence-electron chi connectivity index (χ1n) is 14.1. The van der Waals surface area contributed by atoms with Gasteiger partial charge in [-0.1, -0.05) is 12.0 Å². The highest BCUT2D eigenvalue weighted by Crippen LogP contribution is 2.48. The van der Waals surface area contributed by atoms with E-state index in [-0.39, 0.29) is 17.9 Å². The fraction of sp³-hybridized carbons (Fsp3) is 0.655. The summed E-state index contributed by atoms with van der Waals surface area (Å²) in [4.78, 5) is 22.0. The summed E-state index contributed by atoms with van der Waals surface area (Å²) in [6.45, 7) is 3.84. The van der Waals surface area contributed by atoms with Crippen molar-refractivity contribution in [1.82, 2.24) is 9.88 Å². The summed E-state index contributed by atoms with van der Waals surface area (Å²) in [7, 11) is 0. The minimum Gasteiger partial charge on any atom is -0.490 e. The second-order valence-electron chi connectivity index (χ2n) is 11.1. The van der Waals surface area contributed by atoms with Crippen LogP contribution in [0.1, 0.15) is 92.7 Å². The molecule has 1 atom stereocenters. The van der Waals surface area contributed by atoms with Crippen LogP contribution in [-0.2, 0) is 16.0 Å². The molecule has 1 aliphatic heterocycles. The molecule has 0 unspecified atom stereocenters. The van der Waals surface area contributed by atoms with E-state index in [1.807, 2.05) is 0 Å². The maximum Gasteiger partial charge on any atom is 0.218 e. The first kappa shape index (κ1) is 24.4. The molecule has 4 aliphatic rings. The van der Waals surface area contributed by atoms with Crippen molar-refractivity contribution in [3.8, 4) is 5.75 Å². The summed E-state index contributed by atoms with van der Waals surface area (Å²) in [5, 5.41) is 1.15. The molecule has 0 spiro atoms. The molecule has 0 radical (unpaired) electrons. The Kier molecular flexibility index (Phi) is 7.31. The maximum absolute atomic E-state index is 11.8. The Labute approximate surface area is 218 Å². The predicted octanol–water partition coefficient (Wildman–Crippen LogP) is 5.57. The number of aryl methyl sites for hydroxylation is 1. The molecule has 0 aromatic carbocycles. The van der Waals surface area contributed by atoms with Gasteiger partial charge >= 0.3 is 0 Å². The first-order valence-corrected chi connectivity index (χ1v) is 14.9. The minimum atomic E-state index is -0.220. The van der Waals surface area contributed by atoms with Crippen molar-refractivity contribution in [2.24, 2.45) is 5.73 Å². The summed E-state index contributed by atoms with van der Waals surface area (Å²) < 4.78 is 12.4. The van der Waals surface area contributed by atoms with Gasteiger partial charge in [-0.05, 0) is 81.8 Å². The molecule has 36 heavy (non-hydrogen) atoms. The molecule has 3 heterocycles. The van der Waals surface area contributed by atoms with Crippen LogP contribution < -0.4 is 10.5 Å². The van der Waals surface area contributed by atoms with Gasteiger partial charge in [0.1, 0.15) is 10.6 Å². The van der Waals surface area contributed by atoms with E-state index in [2.05, 4.69) is 17.0 Å². The Hall–Kier alpha value is -1.96. The van der Waals surface area contributed by atoms with Crippen LogP contribution in [0.25, 0.3) is 16.3 Å². The molecule has 6 rings (SSSR count). The van der Waals surface area contributed by atoms with Crippen molar-refractivity contribution in [3.63, 3.8) is 0 Å². The smallest absolute Gasteiger partial charge is 0.218 e. The van der Waals surface area contributed by atoms with Crippen LogP contribution >= 0.6 is 11.3 Å². The van der Waals surface area contributed by atoms with Crippen LogP contribution in [0.3, 0.4) is 0 Å². The third-order valence-corrected chi connectivity index (χ3v) is 9.84. The Morgan fingerprint density at radius 3 is 2.64 bits per heavy atom. The number of hydrogen-bond donors (Lipinski definition) is 1. The van der Waals surface area contributed by atoms with E-state index in [1.54, 1.807) is 11.3 Å². The molecule has 6 nitrogen and oxygen atoms in total. The number of pyridine rings is 1. The first-order chi connectivity index (χ1) is 17.6. The van der Waals surface area contributed by atoms with Gasteiger partial charge in [0.15, 0.2) is 0 Å². The number of carbonyl (C=O) groups excluding carboxylic acids is 1. The lowest BCUT2D eigenvalue weighted by atomic mass is 9.91. The quantitative estimate of drug-likeness (QED) is 0.551. The zero-order valence-electron chi connectivity index (χ0n) is 21.3. The lowest BCUT2D eigenvalue weighted by Crippen LogP contribution is -2.46. The summed E-state index contributed by atoms with van der Waals surface area (Å²) in [6.07, 6.45) is 15.8. The predicted molar refractivity (Wildman–Crippen MR) is 145 cm³/mol. The highest BCUT2D eigenvalue weighted by molar-refractivity contribution is 7.19. The van der Waals surface area contributed by atoms with Gasteiger partial charge in [0.05, 0.1) is 30.4 Å². The molecular weight excluding hydrogens is 470 g/mol. The number of nitrogens with zero attached hydrogens (tertiary/aromatic N) is 2. The van der Waals surface area contributed by atoms with Gasteiger partial charge in [-0.3, -0.25) is 9.69 Å². The average Bonchev–Trinajstić information content (AvgIpc) is 3.45. The van der Waals surface area contributed by atoms with Crippen molar-refractivity contribution >= 4 is 33.5 Å². The van der Waals surface area contributed by atoms with E-state index in [4.69, 9.17) is 20.2 Å². The van der Waals surface area contributed by atoms with Crippen LogP contribution in [0, 0.1) is 0 Å². The van der Waals surface area contributed by atoms with Crippen LogP contribution in [0.2, 0.25) is 0 Å². The molecule has 1 amide bonds. The van der Waals surface area contributed by atoms with Crippen molar-refractivity contribution in [1.29, 1.82) is 0 Å². The number of morpholine rings is 1. The lowest BCUT2D eigenvalue weighted by molar-refractivity contribution is -0.118. The van der Waals surface area contributed by atoms with Gasteiger partial charge in [0.2, 0.25) is 5.91 Å². The molecular formula is C29H39N3O3S. The Morgan fingerprint density at radius 2 is 1.89 bits per heavy atom. The number of rotatable bonds is 6. The number of ether oxygens (including phenoxy) is 2. The van der Waals surface area contributed by atoms with Crippen LogP contribution in [0.5, 0.6) is 5.75 Å². The fourth-order valence-corrected chi connectivity index (χ4v) is 8.14. The second kappa shape index (κ2) is 10.8. The zero-order valence-corrected chi connectivity index (χ0v) is 22.1. The monoisotopic (exact) mass is 509 g/mol. The molecule has 3 fully saturated rings. The third kappa shape index (κ3) is 5.20. The molecule has 2 aromatic heterocycles. The van der Waals surface area contributed by atoms with Gasteiger partial charge in [0.25, 0.3) is 0 Å². The standard InChI is InChI=1S/C29H39N3O3S/c30-26(33)17-20-6-11-25-27(20)28-24(18-21(31-29(28)36-25)16-19-4-2-1-3-5-19)35-23-9-7-22(8-10-23)32-12-14-34-15-13-32/h16,18,20,22-23H,1-15,17H2,(H2,30,33)/t20-,22?,23?/m1/s1. The minimum absolute atomic E-state index is 0.190. The van der Waals surface area contributed by atoms with E-state index in [1.165, 1.54) is 61.0 Å². The SMILES string of the molecule is NC(=O)C[C@H]1CCc2sc3nc(C=C4CCCCC4)cc(OC4CCC(N5CCOCC5)CC4)c3c21. The summed E-state index contributed by atoms with van der Waals surface area (Å²) in [5.74, 6) is 0.948. The molecule has 2 aromatic rings. The van der Waals surface area contributed by atoms with Crippen molar-refractivity contribution in [3.05, 3.63) is 27.8 Å². The Balaban J connectivity index is 1.28. The lowest BCUT2D eigenvalue weighted by Gasteiger charge is -2.38. The number of aromatic nitrogens is 1.